The molecule has 1 aromatic rings. The summed E-state index contributed by atoms with van der Waals surface area (Å²) in [6, 6.07) is 9.77. The molecule has 1 atom stereocenters. The van der Waals surface area contributed by atoms with E-state index < -0.39 is 5.92 Å². The van der Waals surface area contributed by atoms with Gasteiger partial charge in [0.2, 0.25) is 6.29 Å². The fraction of sp³-hybridized carbons (Fsp3) is 0.200. The first-order valence-electron chi connectivity index (χ1n) is 5.89. The second-order valence-electron chi connectivity index (χ2n) is 4.11. The Balaban J connectivity index is 2.05. The number of allylic oxidation sites excluding steroid dienone is 1. The van der Waals surface area contributed by atoms with Crippen LogP contribution in [-0.2, 0) is 20.9 Å². The van der Waals surface area contributed by atoms with Crippen LogP contribution in [0.25, 0.3) is 0 Å². The molecular formula is C15H15NO3. The summed E-state index contributed by atoms with van der Waals surface area (Å²) in [4.78, 5) is 10.7. The minimum Gasteiger partial charge on any atom is -0.498 e. The lowest BCUT2D eigenvalue weighted by atomic mass is 9.98. The highest BCUT2D eigenvalue weighted by Crippen LogP contribution is 2.28. The average Bonchev–Trinajstić information content (AvgIpc) is 2.46. The highest BCUT2D eigenvalue weighted by atomic mass is 16.5. The molecule has 19 heavy (non-hydrogen) atoms. The van der Waals surface area contributed by atoms with Gasteiger partial charge < -0.3 is 15.2 Å². The number of methoxy groups -OCH3 is 1. The lowest BCUT2D eigenvalue weighted by molar-refractivity contribution is 0.122. The summed E-state index contributed by atoms with van der Waals surface area (Å²) in [5, 5.41) is 0. The number of benzene rings is 1. The third-order valence-electron chi connectivity index (χ3n) is 2.80. The summed E-state index contributed by atoms with van der Waals surface area (Å²) < 4.78 is 10.9. The molecule has 1 aromatic carbocycles. The van der Waals surface area contributed by atoms with E-state index in [0.29, 0.717) is 24.2 Å². The molecule has 0 amide bonds. The molecule has 2 rings (SSSR count). The Labute approximate surface area is 112 Å². The standard InChI is InChI=1S/C15H15NO3/c1-18-14-7-12(9-17)13(16)8-15(14)19-10-11-5-3-2-4-6-11/h2-8,12H,10,16H2,1H3. The quantitative estimate of drug-likeness (QED) is 0.874. The Morgan fingerprint density at radius 2 is 2.05 bits per heavy atom. The van der Waals surface area contributed by atoms with Crippen LogP contribution in [0.3, 0.4) is 0 Å². The maximum Gasteiger partial charge on any atom is 0.212 e. The Morgan fingerprint density at radius 1 is 1.32 bits per heavy atom. The minimum atomic E-state index is -0.570. The average molecular weight is 257 g/mol. The van der Waals surface area contributed by atoms with Crippen molar-refractivity contribution in [3.05, 3.63) is 65.6 Å². The van der Waals surface area contributed by atoms with E-state index in [2.05, 4.69) is 0 Å². The Morgan fingerprint density at radius 3 is 2.68 bits per heavy atom. The van der Waals surface area contributed by atoms with Gasteiger partial charge in [-0.05, 0) is 17.7 Å². The van der Waals surface area contributed by atoms with Crippen LogP contribution < -0.4 is 5.73 Å². The molecule has 4 nitrogen and oxygen atoms in total. The predicted octanol–water partition coefficient (Wildman–Crippen LogP) is 1.85. The van der Waals surface area contributed by atoms with E-state index in [9.17, 15) is 4.79 Å². The monoisotopic (exact) mass is 257 g/mol. The largest absolute Gasteiger partial charge is 0.498 e. The molecule has 0 saturated heterocycles. The fourth-order valence-electron chi connectivity index (χ4n) is 1.76. The van der Waals surface area contributed by atoms with Crippen LogP contribution in [0.1, 0.15) is 5.56 Å². The smallest absolute Gasteiger partial charge is 0.212 e. The van der Waals surface area contributed by atoms with Crippen molar-refractivity contribution in [3.63, 3.8) is 0 Å². The summed E-state index contributed by atoms with van der Waals surface area (Å²) in [6.07, 6.45) is 5.58. The van der Waals surface area contributed by atoms with E-state index in [1.165, 1.54) is 7.11 Å². The Hall–Kier alpha value is -2.07. The number of hydrogen-bond acceptors (Lipinski definition) is 4. The van der Waals surface area contributed by atoms with Crippen molar-refractivity contribution in [3.8, 4) is 0 Å². The fourth-order valence-corrected chi connectivity index (χ4v) is 1.76. The van der Waals surface area contributed by atoms with E-state index in [1.807, 2.05) is 36.6 Å². The summed E-state index contributed by atoms with van der Waals surface area (Å²) >= 11 is 0. The number of rotatable bonds is 5. The van der Waals surface area contributed by atoms with Gasteiger partial charge in [0.25, 0.3) is 0 Å². The lowest BCUT2D eigenvalue weighted by Crippen LogP contribution is -2.21. The van der Waals surface area contributed by atoms with Crippen molar-refractivity contribution < 1.29 is 14.3 Å². The molecule has 0 aliphatic heterocycles. The van der Waals surface area contributed by atoms with E-state index in [4.69, 9.17) is 15.2 Å². The van der Waals surface area contributed by atoms with Crippen LogP contribution in [0, 0.1) is 12.0 Å². The van der Waals surface area contributed by atoms with Crippen LogP contribution in [0.4, 0.5) is 0 Å². The van der Waals surface area contributed by atoms with E-state index in [-0.39, 0.29) is 0 Å². The molecule has 2 radical (unpaired) electrons. The SMILES string of the molecule is COC1=CC([C]=O)C(N)=C[C]1OCc1ccccc1. The van der Waals surface area contributed by atoms with Crippen molar-refractivity contribution in [2.45, 2.75) is 6.61 Å². The van der Waals surface area contributed by atoms with Gasteiger partial charge >= 0.3 is 0 Å². The van der Waals surface area contributed by atoms with Gasteiger partial charge in [-0.15, -0.1) is 0 Å². The van der Waals surface area contributed by atoms with Crippen LogP contribution in [-0.4, -0.2) is 13.4 Å². The third kappa shape index (κ3) is 3.23. The van der Waals surface area contributed by atoms with Crippen molar-refractivity contribution in [2.75, 3.05) is 7.11 Å². The summed E-state index contributed by atoms with van der Waals surface area (Å²) in [5.41, 5.74) is 7.21. The molecule has 1 unspecified atom stereocenters. The van der Waals surface area contributed by atoms with E-state index in [1.54, 1.807) is 12.2 Å². The highest BCUT2D eigenvalue weighted by Gasteiger charge is 2.25. The van der Waals surface area contributed by atoms with E-state index >= 15 is 0 Å². The molecule has 1 aliphatic rings. The second-order valence-corrected chi connectivity index (χ2v) is 4.11. The van der Waals surface area contributed by atoms with Crippen molar-refractivity contribution in [1.82, 2.24) is 0 Å². The highest BCUT2D eigenvalue weighted by molar-refractivity contribution is 5.64. The normalized spacial score (nSPS) is 19.5. The van der Waals surface area contributed by atoms with Crippen molar-refractivity contribution >= 4 is 6.29 Å². The van der Waals surface area contributed by atoms with Crippen LogP contribution in [0.2, 0.25) is 0 Å². The topological polar surface area (TPSA) is 61.5 Å². The first kappa shape index (κ1) is 13.4. The van der Waals surface area contributed by atoms with Gasteiger partial charge in [0.05, 0.1) is 19.6 Å². The first-order chi connectivity index (χ1) is 9.24. The number of ether oxygens (including phenoxy) is 2. The maximum atomic E-state index is 10.7. The summed E-state index contributed by atoms with van der Waals surface area (Å²) in [7, 11) is 1.52. The van der Waals surface area contributed by atoms with Crippen LogP contribution in [0.5, 0.6) is 0 Å². The van der Waals surface area contributed by atoms with Gasteiger partial charge in [-0.2, -0.15) is 0 Å². The number of nitrogens with two attached hydrogens (primary N) is 1. The molecule has 98 valence electrons. The van der Waals surface area contributed by atoms with Gasteiger partial charge in [-0.3, -0.25) is 4.79 Å². The zero-order valence-electron chi connectivity index (χ0n) is 10.6. The molecule has 0 fully saturated rings. The zero-order chi connectivity index (χ0) is 13.7. The Bertz CT molecular complexity index is 493. The molecule has 1 aliphatic carbocycles. The molecule has 0 bridgehead atoms. The number of hydrogen-bond donors (Lipinski definition) is 1. The summed E-state index contributed by atoms with van der Waals surface area (Å²) in [6.45, 7) is 0.413. The van der Waals surface area contributed by atoms with Crippen molar-refractivity contribution in [2.24, 2.45) is 11.7 Å². The van der Waals surface area contributed by atoms with Gasteiger partial charge in [0, 0.05) is 5.70 Å². The number of carbonyl (C=O) groups excluding carboxylic acids is 1. The molecule has 4 heteroatoms. The lowest BCUT2D eigenvalue weighted by Gasteiger charge is -2.22. The minimum absolute atomic E-state index is 0.402. The summed E-state index contributed by atoms with van der Waals surface area (Å²) in [5.74, 6) is -0.0718. The molecule has 0 aromatic heterocycles. The predicted molar refractivity (Wildman–Crippen MR) is 71.0 cm³/mol. The maximum absolute atomic E-state index is 10.7. The van der Waals surface area contributed by atoms with Gasteiger partial charge in [-0.1, -0.05) is 30.3 Å². The van der Waals surface area contributed by atoms with Gasteiger partial charge in [0.1, 0.15) is 5.76 Å². The Kier molecular flexibility index (Phi) is 4.36. The van der Waals surface area contributed by atoms with Crippen molar-refractivity contribution in [1.29, 1.82) is 0 Å². The van der Waals surface area contributed by atoms with Crippen LogP contribution in [0.15, 0.2) is 53.9 Å². The molecule has 2 N–H and O–H groups in total. The van der Waals surface area contributed by atoms with Gasteiger partial charge in [0.15, 0.2) is 6.10 Å². The molecule has 0 heterocycles. The van der Waals surface area contributed by atoms with Crippen LogP contribution >= 0.6 is 0 Å². The van der Waals surface area contributed by atoms with E-state index in [0.717, 1.165) is 5.56 Å². The van der Waals surface area contributed by atoms with Gasteiger partial charge in [-0.25, -0.2) is 0 Å². The third-order valence-corrected chi connectivity index (χ3v) is 2.80. The second kappa shape index (κ2) is 6.20. The first-order valence-corrected chi connectivity index (χ1v) is 5.89. The zero-order valence-corrected chi connectivity index (χ0v) is 10.6. The molecule has 0 spiro atoms. The molecular weight excluding hydrogens is 242 g/mol. The molecule has 0 saturated carbocycles.